The predicted molar refractivity (Wildman–Crippen MR) is 180 cm³/mol. The van der Waals surface area contributed by atoms with E-state index in [0.717, 1.165) is 27.5 Å². The molecule has 0 bridgehead atoms. The summed E-state index contributed by atoms with van der Waals surface area (Å²) in [7, 11) is 0. The van der Waals surface area contributed by atoms with Crippen LogP contribution in [-0.4, -0.2) is 34.4 Å². The summed E-state index contributed by atoms with van der Waals surface area (Å²) in [6.45, 7) is 4.30. The van der Waals surface area contributed by atoms with Crippen molar-refractivity contribution in [2.24, 2.45) is 5.92 Å². The Hall–Kier alpha value is -4.35. The molecular formula is C39H37NO3S. The van der Waals surface area contributed by atoms with Gasteiger partial charge in [-0.3, -0.25) is 9.69 Å². The molecule has 1 heterocycles. The molecule has 0 spiro atoms. The Balaban J connectivity index is 1.47. The summed E-state index contributed by atoms with van der Waals surface area (Å²) in [6, 6.07) is 43.8. The maximum absolute atomic E-state index is 14.3. The lowest BCUT2D eigenvalue weighted by Gasteiger charge is -2.42. The van der Waals surface area contributed by atoms with Crippen molar-refractivity contribution >= 4 is 34.4 Å². The molecule has 222 valence electrons. The average Bonchev–Trinajstić information content (AvgIpc) is 3.39. The van der Waals surface area contributed by atoms with Gasteiger partial charge in [-0.15, -0.1) is 11.8 Å². The molecule has 4 nitrogen and oxygen atoms in total. The summed E-state index contributed by atoms with van der Waals surface area (Å²) in [4.78, 5) is 30.5. The van der Waals surface area contributed by atoms with Gasteiger partial charge in [0.05, 0.1) is 11.4 Å². The quantitative estimate of drug-likeness (QED) is 0.150. The van der Waals surface area contributed by atoms with Crippen LogP contribution in [0.15, 0.2) is 133 Å². The Kier molecular flexibility index (Phi) is 8.58. The zero-order valence-corrected chi connectivity index (χ0v) is 26.1. The van der Waals surface area contributed by atoms with E-state index in [9.17, 15) is 9.59 Å². The maximum atomic E-state index is 14.3. The van der Waals surface area contributed by atoms with Gasteiger partial charge in [-0.2, -0.15) is 0 Å². The minimum absolute atomic E-state index is 0.0432. The Morgan fingerprint density at radius 2 is 1.32 bits per heavy atom. The van der Waals surface area contributed by atoms with Gasteiger partial charge in [-0.1, -0.05) is 147 Å². The molecule has 5 aromatic carbocycles. The van der Waals surface area contributed by atoms with Crippen LogP contribution in [0.2, 0.25) is 0 Å². The van der Waals surface area contributed by atoms with Crippen LogP contribution < -0.4 is 0 Å². The first kappa shape index (κ1) is 29.7. The first-order valence-corrected chi connectivity index (χ1v) is 16.5. The zero-order chi connectivity index (χ0) is 30.7. The minimum Gasteiger partial charge on any atom is -0.431 e. The SMILES string of the molecule is CS[C@@H]([C@H](CC(=O)c1cccc2ccccc12)c1ccccc1)N1C(=O)OC(c2ccccc2)(c2ccccc2)[C@@H]1C(C)C. The van der Waals surface area contributed by atoms with Gasteiger partial charge in [0, 0.05) is 29.0 Å². The lowest BCUT2D eigenvalue weighted by molar-refractivity contribution is 0.0538. The number of benzene rings is 5. The highest BCUT2D eigenvalue weighted by atomic mass is 32.2. The maximum Gasteiger partial charge on any atom is 0.412 e. The Bertz CT molecular complexity index is 1690. The van der Waals surface area contributed by atoms with E-state index in [1.165, 1.54) is 0 Å². The third kappa shape index (κ3) is 5.30. The molecule has 1 aliphatic rings. The second-order valence-corrected chi connectivity index (χ2v) is 12.7. The Morgan fingerprint density at radius 1 is 0.773 bits per heavy atom. The molecule has 5 heteroatoms. The molecule has 0 unspecified atom stereocenters. The number of cyclic esters (lactones) is 1. The highest BCUT2D eigenvalue weighted by Gasteiger charge is 2.59. The van der Waals surface area contributed by atoms with Crippen LogP contribution in [0.1, 0.15) is 53.2 Å². The number of thioether (sulfide) groups is 1. The van der Waals surface area contributed by atoms with Crippen molar-refractivity contribution in [1.29, 1.82) is 0 Å². The Labute approximate surface area is 264 Å². The number of ketones is 1. The van der Waals surface area contributed by atoms with Gasteiger partial charge in [-0.25, -0.2) is 4.79 Å². The van der Waals surface area contributed by atoms with Gasteiger partial charge in [0.15, 0.2) is 11.4 Å². The van der Waals surface area contributed by atoms with E-state index in [0.29, 0.717) is 5.56 Å². The smallest absolute Gasteiger partial charge is 0.412 e. The molecule has 0 aromatic heterocycles. The van der Waals surface area contributed by atoms with E-state index in [-0.39, 0.29) is 41.5 Å². The summed E-state index contributed by atoms with van der Waals surface area (Å²) in [6.07, 6.45) is 1.91. The third-order valence-corrected chi connectivity index (χ3v) is 9.83. The number of hydrogen-bond donors (Lipinski definition) is 0. The molecule has 44 heavy (non-hydrogen) atoms. The van der Waals surface area contributed by atoms with E-state index in [2.05, 4.69) is 26.0 Å². The number of fused-ring (bicyclic) bond motifs is 1. The molecule has 1 fully saturated rings. The molecule has 3 atom stereocenters. The normalized spacial score (nSPS) is 17.4. The fraction of sp³-hybridized carbons (Fsp3) is 0.231. The molecule has 0 N–H and O–H groups in total. The fourth-order valence-electron chi connectivity index (χ4n) is 6.94. The second kappa shape index (κ2) is 12.7. The van der Waals surface area contributed by atoms with Crippen molar-refractivity contribution in [1.82, 2.24) is 4.90 Å². The average molecular weight is 600 g/mol. The van der Waals surface area contributed by atoms with Crippen LogP contribution in [0.5, 0.6) is 0 Å². The summed E-state index contributed by atoms with van der Waals surface area (Å²) in [5.41, 5.74) is 2.58. The molecule has 0 aliphatic carbocycles. The summed E-state index contributed by atoms with van der Waals surface area (Å²) in [5.74, 6) is -0.170. The van der Waals surface area contributed by atoms with Crippen molar-refractivity contribution in [3.8, 4) is 0 Å². The predicted octanol–water partition coefficient (Wildman–Crippen LogP) is 9.31. The molecule has 5 aromatic rings. The number of amides is 1. The molecule has 1 saturated heterocycles. The number of carbonyl (C=O) groups excluding carboxylic acids is 2. The topological polar surface area (TPSA) is 46.6 Å². The van der Waals surface area contributed by atoms with Gasteiger partial charge >= 0.3 is 6.09 Å². The van der Waals surface area contributed by atoms with Crippen LogP contribution in [0.3, 0.4) is 0 Å². The van der Waals surface area contributed by atoms with Crippen LogP contribution in [-0.2, 0) is 10.3 Å². The number of nitrogens with zero attached hydrogens (tertiary/aromatic N) is 1. The van der Waals surface area contributed by atoms with Gasteiger partial charge < -0.3 is 4.74 Å². The first-order chi connectivity index (χ1) is 21.5. The zero-order valence-electron chi connectivity index (χ0n) is 25.3. The molecular weight excluding hydrogens is 563 g/mol. The first-order valence-electron chi connectivity index (χ1n) is 15.2. The molecule has 1 aliphatic heterocycles. The summed E-state index contributed by atoms with van der Waals surface area (Å²) < 4.78 is 6.61. The van der Waals surface area contributed by atoms with Crippen molar-refractivity contribution < 1.29 is 14.3 Å². The highest BCUT2D eigenvalue weighted by Crippen LogP contribution is 2.51. The Morgan fingerprint density at radius 3 is 1.91 bits per heavy atom. The van der Waals surface area contributed by atoms with Crippen molar-refractivity contribution in [3.05, 3.63) is 156 Å². The lowest BCUT2D eigenvalue weighted by atomic mass is 9.75. The van der Waals surface area contributed by atoms with E-state index < -0.39 is 5.60 Å². The number of carbonyl (C=O) groups is 2. The van der Waals surface area contributed by atoms with Gasteiger partial charge in [0.1, 0.15) is 0 Å². The van der Waals surface area contributed by atoms with Crippen molar-refractivity contribution in [2.45, 2.75) is 43.2 Å². The van der Waals surface area contributed by atoms with E-state index in [4.69, 9.17) is 4.74 Å². The largest absolute Gasteiger partial charge is 0.431 e. The number of Topliss-reactive ketones (excluding diaryl/α,β-unsaturated/α-hetero) is 1. The standard InChI is InChI=1S/C39H37NO3S/c1-27(2)36-39(30-20-9-5-10-21-30,31-22-11-6-12-23-31)43-38(42)40(36)37(44-3)34(29-16-7-4-8-17-29)26-35(41)33-25-15-19-28-18-13-14-24-32(28)33/h4-25,27,34,36-37H,26H2,1-3H3/t34-,36+,37+/m1/s1. The number of hydrogen-bond acceptors (Lipinski definition) is 4. The number of ether oxygens (including phenoxy) is 1. The van der Waals surface area contributed by atoms with Crippen LogP contribution in [0, 0.1) is 5.92 Å². The van der Waals surface area contributed by atoms with Crippen molar-refractivity contribution in [2.75, 3.05) is 6.26 Å². The summed E-state index contributed by atoms with van der Waals surface area (Å²) in [5, 5.41) is 1.63. The molecule has 0 radical (unpaired) electrons. The van der Waals surface area contributed by atoms with E-state index >= 15 is 0 Å². The summed E-state index contributed by atoms with van der Waals surface area (Å²) >= 11 is 1.60. The fourth-order valence-corrected chi connectivity index (χ4v) is 7.97. The van der Waals surface area contributed by atoms with Gasteiger partial charge in [0.25, 0.3) is 0 Å². The van der Waals surface area contributed by atoms with Crippen LogP contribution in [0.25, 0.3) is 10.8 Å². The van der Waals surface area contributed by atoms with Crippen LogP contribution in [0.4, 0.5) is 4.79 Å². The third-order valence-electron chi connectivity index (χ3n) is 8.80. The van der Waals surface area contributed by atoms with E-state index in [1.807, 2.05) is 132 Å². The number of rotatable bonds is 10. The monoisotopic (exact) mass is 599 g/mol. The van der Waals surface area contributed by atoms with Crippen molar-refractivity contribution in [3.63, 3.8) is 0 Å². The highest BCUT2D eigenvalue weighted by molar-refractivity contribution is 7.99. The van der Waals surface area contributed by atoms with Gasteiger partial charge in [0.2, 0.25) is 0 Å². The molecule has 6 rings (SSSR count). The van der Waals surface area contributed by atoms with Crippen LogP contribution >= 0.6 is 11.8 Å². The molecule has 0 saturated carbocycles. The van der Waals surface area contributed by atoms with Gasteiger partial charge in [-0.05, 0) is 28.5 Å². The van der Waals surface area contributed by atoms with E-state index in [1.54, 1.807) is 11.8 Å². The minimum atomic E-state index is -1.01. The second-order valence-electron chi connectivity index (χ2n) is 11.7. The lowest BCUT2D eigenvalue weighted by Crippen LogP contribution is -2.52. The molecule has 1 amide bonds.